The number of alkyl halides is 2. The van der Waals surface area contributed by atoms with Crippen molar-refractivity contribution >= 4 is 35.6 Å². The summed E-state index contributed by atoms with van der Waals surface area (Å²) >= 11 is 10.0. The fourth-order valence-electron chi connectivity index (χ4n) is 2.16. The van der Waals surface area contributed by atoms with Gasteiger partial charge in [0.1, 0.15) is 8.07 Å². The van der Waals surface area contributed by atoms with Gasteiger partial charge in [-0.2, -0.15) is 0 Å². The maximum Gasteiger partial charge on any atom is 0.138 e. The fourth-order valence-corrected chi connectivity index (χ4v) is 4.34. The molecular formula is C18H30BrClO2Si. The molecule has 0 bridgehead atoms. The van der Waals surface area contributed by atoms with Crippen molar-refractivity contribution in [2.45, 2.75) is 80.6 Å². The first kappa shape index (κ1) is 21.2. The summed E-state index contributed by atoms with van der Waals surface area (Å²) in [5.74, 6) is 3.22. The Morgan fingerprint density at radius 1 is 1.35 bits per heavy atom. The van der Waals surface area contributed by atoms with Gasteiger partial charge in [-0.3, -0.25) is 0 Å². The molecule has 132 valence electrons. The van der Waals surface area contributed by atoms with Gasteiger partial charge in [-0.1, -0.05) is 61.8 Å². The van der Waals surface area contributed by atoms with E-state index >= 15 is 0 Å². The van der Waals surface area contributed by atoms with E-state index in [2.05, 4.69) is 67.3 Å². The highest BCUT2D eigenvalue weighted by molar-refractivity contribution is 9.09. The van der Waals surface area contributed by atoms with Crippen molar-refractivity contribution in [3.8, 4) is 11.5 Å². The van der Waals surface area contributed by atoms with E-state index in [1.165, 1.54) is 0 Å². The fraction of sp³-hybridized carbons (Fsp3) is 0.778. The average molecular weight is 422 g/mol. The van der Waals surface area contributed by atoms with E-state index in [4.69, 9.17) is 21.4 Å². The predicted molar refractivity (Wildman–Crippen MR) is 106 cm³/mol. The lowest BCUT2D eigenvalue weighted by Crippen LogP contribution is -2.42. The van der Waals surface area contributed by atoms with Crippen LogP contribution in [0.2, 0.25) is 18.1 Å². The summed E-state index contributed by atoms with van der Waals surface area (Å²) in [6.07, 6.45) is 6.30. The van der Waals surface area contributed by atoms with Crippen LogP contribution in [0.3, 0.4) is 0 Å². The van der Waals surface area contributed by atoms with Crippen molar-refractivity contribution in [1.29, 1.82) is 0 Å². The van der Waals surface area contributed by atoms with Crippen LogP contribution in [0.5, 0.6) is 0 Å². The molecule has 2 nitrogen and oxygen atoms in total. The van der Waals surface area contributed by atoms with Gasteiger partial charge in [-0.15, -0.1) is 17.1 Å². The van der Waals surface area contributed by atoms with Gasteiger partial charge in [0.25, 0.3) is 0 Å². The standard InChI is InChI=1S/C18H30BrClO2Si/c1-18(2,3)23(4,5)12-8-6-7-9-17-15(20)13-14(19)16(22-17)10-11-21/h6-7,14-17,21H,9-11,13H2,1-5H3/b7-6+/t14-,15+,16-,17+/m1/s1. The molecule has 1 saturated heterocycles. The molecule has 1 aliphatic heterocycles. The highest BCUT2D eigenvalue weighted by Crippen LogP contribution is 2.35. The van der Waals surface area contributed by atoms with E-state index in [1.807, 2.05) is 6.08 Å². The Hall–Kier alpha value is 0.207. The van der Waals surface area contributed by atoms with E-state index < -0.39 is 8.07 Å². The summed E-state index contributed by atoms with van der Waals surface area (Å²) in [6, 6.07) is 0. The summed E-state index contributed by atoms with van der Waals surface area (Å²) in [5.41, 5.74) is 3.47. The van der Waals surface area contributed by atoms with Gasteiger partial charge in [0.15, 0.2) is 0 Å². The third-order valence-electron chi connectivity index (χ3n) is 4.85. The quantitative estimate of drug-likeness (QED) is 0.397. The number of hydrogen-bond donors (Lipinski definition) is 1. The Morgan fingerprint density at radius 3 is 2.57 bits per heavy atom. The van der Waals surface area contributed by atoms with E-state index in [9.17, 15) is 0 Å². The van der Waals surface area contributed by atoms with Gasteiger partial charge in [-0.05, 0) is 30.4 Å². The molecule has 23 heavy (non-hydrogen) atoms. The van der Waals surface area contributed by atoms with Crippen LogP contribution in [0.1, 0.15) is 40.0 Å². The number of allylic oxidation sites excluding steroid dienone is 1. The second-order valence-corrected chi connectivity index (χ2v) is 14.5. The Morgan fingerprint density at radius 2 is 2.00 bits per heavy atom. The highest BCUT2D eigenvalue weighted by Gasteiger charge is 2.35. The van der Waals surface area contributed by atoms with Crippen LogP contribution in [0.25, 0.3) is 0 Å². The normalized spacial score (nSPS) is 29.4. The summed E-state index contributed by atoms with van der Waals surface area (Å²) in [5, 5.41) is 9.39. The number of hydrogen-bond acceptors (Lipinski definition) is 2. The van der Waals surface area contributed by atoms with Crippen LogP contribution >= 0.6 is 27.5 Å². The van der Waals surface area contributed by atoms with E-state index in [-0.39, 0.29) is 34.1 Å². The lowest BCUT2D eigenvalue weighted by molar-refractivity contribution is -0.0482. The van der Waals surface area contributed by atoms with Crippen LogP contribution in [-0.2, 0) is 4.74 Å². The minimum atomic E-state index is -1.54. The van der Waals surface area contributed by atoms with Gasteiger partial charge in [0.05, 0.1) is 17.6 Å². The largest absolute Gasteiger partial charge is 0.396 e. The Bertz CT molecular complexity index is 462. The first-order valence-electron chi connectivity index (χ1n) is 8.30. The zero-order chi connectivity index (χ0) is 17.7. The van der Waals surface area contributed by atoms with Gasteiger partial charge >= 0.3 is 0 Å². The molecule has 0 spiro atoms. The molecule has 1 aliphatic rings. The summed E-state index contributed by atoms with van der Waals surface area (Å²) in [6.45, 7) is 11.6. The lowest BCUT2D eigenvalue weighted by atomic mass is 9.99. The molecule has 0 unspecified atom stereocenters. The number of aliphatic hydroxyl groups excluding tert-OH is 1. The van der Waals surface area contributed by atoms with Gasteiger partial charge < -0.3 is 9.84 Å². The van der Waals surface area contributed by atoms with Gasteiger partial charge in [-0.25, -0.2) is 0 Å². The molecule has 0 aromatic rings. The Labute approximate surface area is 156 Å². The Kier molecular flexibility index (Phi) is 8.37. The van der Waals surface area contributed by atoms with Gasteiger partial charge in [0, 0.05) is 11.4 Å². The number of halogens is 2. The molecule has 1 N–H and O–H groups in total. The monoisotopic (exact) mass is 420 g/mol. The van der Waals surface area contributed by atoms with Crippen molar-refractivity contribution < 1.29 is 9.84 Å². The summed E-state index contributed by atoms with van der Waals surface area (Å²) in [7, 11) is -1.54. The topological polar surface area (TPSA) is 29.5 Å². The van der Waals surface area contributed by atoms with Crippen LogP contribution < -0.4 is 0 Å². The zero-order valence-electron chi connectivity index (χ0n) is 14.9. The van der Waals surface area contributed by atoms with Crippen molar-refractivity contribution in [2.75, 3.05) is 6.61 Å². The predicted octanol–water partition coefficient (Wildman–Crippen LogP) is 4.89. The molecule has 0 saturated carbocycles. The molecule has 0 aromatic carbocycles. The number of aliphatic hydroxyl groups is 1. The molecule has 0 radical (unpaired) electrons. The summed E-state index contributed by atoms with van der Waals surface area (Å²) in [4.78, 5) is 0.218. The van der Waals surface area contributed by atoms with Crippen molar-refractivity contribution in [3.63, 3.8) is 0 Å². The van der Waals surface area contributed by atoms with Crippen molar-refractivity contribution in [2.24, 2.45) is 0 Å². The molecule has 0 amide bonds. The molecular weight excluding hydrogens is 392 g/mol. The lowest BCUT2D eigenvalue weighted by Gasteiger charge is -2.36. The van der Waals surface area contributed by atoms with Crippen LogP contribution in [-0.4, -0.2) is 42.2 Å². The minimum absolute atomic E-state index is 0.00654. The smallest absolute Gasteiger partial charge is 0.138 e. The Balaban J connectivity index is 2.57. The maximum absolute atomic E-state index is 9.11. The average Bonchev–Trinajstić information content (AvgIpc) is 2.41. The second kappa shape index (κ2) is 9.06. The zero-order valence-corrected chi connectivity index (χ0v) is 18.2. The van der Waals surface area contributed by atoms with Crippen LogP contribution in [0.15, 0.2) is 12.2 Å². The second-order valence-electron chi connectivity index (χ2n) is 7.78. The van der Waals surface area contributed by atoms with Crippen molar-refractivity contribution in [3.05, 3.63) is 12.2 Å². The van der Waals surface area contributed by atoms with Crippen LogP contribution in [0.4, 0.5) is 0 Å². The molecule has 1 rings (SSSR count). The first-order valence-corrected chi connectivity index (χ1v) is 12.7. The van der Waals surface area contributed by atoms with E-state index in [1.54, 1.807) is 0 Å². The molecule has 1 fully saturated rings. The third kappa shape index (κ3) is 6.55. The molecule has 0 aromatic heterocycles. The maximum atomic E-state index is 9.11. The molecule has 0 aliphatic carbocycles. The highest BCUT2D eigenvalue weighted by atomic mass is 79.9. The van der Waals surface area contributed by atoms with E-state index in [0.717, 1.165) is 12.8 Å². The van der Waals surface area contributed by atoms with Crippen molar-refractivity contribution in [1.82, 2.24) is 0 Å². The minimum Gasteiger partial charge on any atom is -0.396 e. The van der Waals surface area contributed by atoms with Crippen LogP contribution in [0, 0.1) is 11.5 Å². The molecule has 4 atom stereocenters. The molecule has 1 heterocycles. The van der Waals surface area contributed by atoms with E-state index in [0.29, 0.717) is 6.42 Å². The first-order chi connectivity index (χ1) is 10.6. The van der Waals surface area contributed by atoms with Gasteiger partial charge in [0.2, 0.25) is 0 Å². The number of rotatable bonds is 4. The number of ether oxygens (including phenoxy) is 1. The molecule has 5 heteroatoms. The summed E-state index contributed by atoms with van der Waals surface area (Å²) < 4.78 is 6.02. The SMILES string of the molecule is CC(C)(C)[Si](C)(C)C#C/C=C/C[C@@H]1O[C@H](CCO)[C@H](Br)C[C@@H]1Cl. The third-order valence-corrected chi connectivity index (χ3v) is 10.8.